The molecule has 0 aliphatic heterocycles. The topological polar surface area (TPSA) is 109 Å². The second kappa shape index (κ2) is 12.5. The molecule has 3 aromatic carbocycles. The van der Waals surface area contributed by atoms with Crippen LogP contribution in [0.1, 0.15) is 16.7 Å². The number of benzene rings is 3. The summed E-state index contributed by atoms with van der Waals surface area (Å²) in [4.78, 5) is 36.6. The highest BCUT2D eigenvalue weighted by molar-refractivity contribution is 9.10. The summed E-state index contributed by atoms with van der Waals surface area (Å²) in [6, 6.07) is 15.4. The summed E-state index contributed by atoms with van der Waals surface area (Å²) >= 11 is 15.3. The van der Waals surface area contributed by atoms with Crippen LogP contribution in [0.15, 0.2) is 64.2 Å². The van der Waals surface area contributed by atoms with Crippen LogP contribution in [0.3, 0.4) is 0 Å². The van der Waals surface area contributed by atoms with Crippen molar-refractivity contribution in [2.75, 3.05) is 17.2 Å². The molecule has 11 heteroatoms. The van der Waals surface area contributed by atoms with Gasteiger partial charge in [0.25, 0.3) is 5.91 Å². The van der Waals surface area contributed by atoms with Gasteiger partial charge in [-0.1, -0.05) is 51.3 Å². The Kier molecular flexibility index (Phi) is 9.46. The van der Waals surface area contributed by atoms with E-state index in [1.165, 1.54) is 12.3 Å². The van der Waals surface area contributed by atoms with Gasteiger partial charge in [-0.25, -0.2) is 5.43 Å². The minimum absolute atomic E-state index is 0.112. The van der Waals surface area contributed by atoms with E-state index in [1.807, 2.05) is 32.0 Å². The molecule has 0 atom stereocenters. The maximum Gasteiger partial charge on any atom is 0.329 e. The second-order valence-corrected chi connectivity index (χ2v) is 9.35. The molecule has 0 fully saturated rings. The smallest absolute Gasteiger partial charge is 0.329 e. The highest BCUT2D eigenvalue weighted by Crippen LogP contribution is 2.29. The number of nitrogens with one attached hydrogen (secondary N) is 3. The molecular formula is C25H21BrCl2N4O4. The van der Waals surface area contributed by atoms with E-state index in [0.29, 0.717) is 17.0 Å². The van der Waals surface area contributed by atoms with E-state index in [4.69, 9.17) is 27.9 Å². The second-order valence-electron chi connectivity index (χ2n) is 7.65. The van der Waals surface area contributed by atoms with Gasteiger partial charge in [0.1, 0.15) is 5.75 Å². The zero-order chi connectivity index (χ0) is 26.2. The van der Waals surface area contributed by atoms with Crippen LogP contribution in [0, 0.1) is 13.8 Å². The number of nitrogens with zero attached hydrogens (tertiary/aromatic N) is 1. The molecule has 3 amide bonds. The average Bonchev–Trinajstić information content (AvgIpc) is 2.80. The third kappa shape index (κ3) is 7.81. The number of amides is 3. The van der Waals surface area contributed by atoms with Gasteiger partial charge in [-0.15, -0.1) is 0 Å². The van der Waals surface area contributed by atoms with Gasteiger partial charge < -0.3 is 15.4 Å². The van der Waals surface area contributed by atoms with Crippen LogP contribution in [0.4, 0.5) is 11.4 Å². The van der Waals surface area contributed by atoms with Crippen molar-refractivity contribution in [3.05, 3.63) is 85.8 Å². The van der Waals surface area contributed by atoms with E-state index >= 15 is 0 Å². The summed E-state index contributed by atoms with van der Waals surface area (Å²) in [7, 11) is 0. The Morgan fingerprint density at radius 2 is 1.69 bits per heavy atom. The van der Waals surface area contributed by atoms with Gasteiger partial charge in [0.05, 0.1) is 21.9 Å². The van der Waals surface area contributed by atoms with Crippen molar-refractivity contribution in [3.8, 4) is 5.75 Å². The fourth-order valence-corrected chi connectivity index (χ4v) is 3.86. The monoisotopic (exact) mass is 590 g/mol. The Morgan fingerprint density at radius 1 is 0.972 bits per heavy atom. The predicted molar refractivity (Wildman–Crippen MR) is 145 cm³/mol. The van der Waals surface area contributed by atoms with Gasteiger partial charge in [0.2, 0.25) is 0 Å². The lowest BCUT2D eigenvalue weighted by Crippen LogP contribution is -2.32. The highest BCUT2D eigenvalue weighted by atomic mass is 79.9. The molecule has 0 aliphatic carbocycles. The zero-order valence-corrected chi connectivity index (χ0v) is 22.3. The molecule has 3 N–H and O–H groups in total. The fourth-order valence-electron chi connectivity index (χ4n) is 3.13. The molecule has 0 radical (unpaired) electrons. The van der Waals surface area contributed by atoms with Crippen molar-refractivity contribution in [3.63, 3.8) is 0 Å². The van der Waals surface area contributed by atoms with Crippen molar-refractivity contribution in [1.29, 1.82) is 0 Å². The Labute approximate surface area is 226 Å². The van der Waals surface area contributed by atoms with E-state index < -0.39 is 11.8 Å². The number of hydrogen-bond acceptors (Lipinski definition) is 5. The van der Waals surface area contributed by atoms with Crippen LogP contribution >= 0.6 is 39.1 Å². The minimum atomic E-state index is -1.02. The van der Waals surface area contributed by atoms with Gasteiger partial charge in [0.15, 0.2) is 6.61 Å². The summed E-state index contributed by atoms with van der Waals surface area (Å²) in [6.07, 6.45) is 1.29. The number of ether oxygens (including phenoxy) is 1. The lowest BCUT2D eigenvalue weighted by Gasteiger charge is -2.11. The molecule has 0 saturated carbocycles. The van der Waals surface area contributed by atoms with E-state index in [1.54, 1.807) is 30.3 Å². The molecule has 0 saturated heterocycles. The third-order valence-electron chi connectivity index (χ3n) is 4.61. The average molecular weight is 592 g/mol. The molecule has 0 spiro atoms. The Hall–Kier alpha value is -3.40. The first-order valence-electron chi connectivity index (χ1n) is 10.5. The number of anilines is 2. The molecule has 0 aliphatic rings. The van der Waals surface area contributed by atoms with E-state index in [0.717, 1.165) is 15.6 Å². The molecule has 8 nitrogen and oxygen atoms in total. The molecule has 0 heterocycles. The van der Waals surface area contributed by atoms with Crippen LogP contribution in [-0.4, -0.2) is 30.5 Å². The number of hydrazone groups is 1. The van der Waals surface area contributed by atoms with Crippen LogP contribution < -0.4 is 20.8 Å². The number of carbonyl (C=O) groups is 3. The number of hydrogen-bond donors (Lipinski definition) is 3. The summed E-state index contributed by atoms with van der Waals surface area (Å²) in [5.41, 5.74) is 5.52. The van der Waals surface area contributed by atoms with Crippen LogP contribution in [-0.2, 0) is 14.4 Å². The maximum absolute atomic E-state index is 12.4. The summed E-state index contributed by atoms with van der Waals surface area (Å²) < 4.78 is 6.37. The van der Waals surface area contributed by atoms with Crippen molar-refractivity contribution in [2.45, 2.75) is 13.8 Å². The normalized spacial score (nSPS) is 10.7. The van der Waals surface area contributed by atoms with Crippen LogP contribution in [0.2, 0.25) is 10.0 Å². The number of aryl methyl sites for hydroxylation is 2. The predicted octanol–water partition coefficient (Wildman–Crippen LogP) is 5.48. The molecule has 0 aromatic heterocycles. The lowest BCUT2D eigenvalue weighted by molar-refractivity contribution is -0.136. The maximum atomic E-state index is 12.4. The van der Waals surface area contributed by atoms with Gasteiger partial charge in [-0.3, -0.25) is 14.4 Å². The Balaban J connectivity index is 1.60. The number of carbonyl (C=O) groups excluding carboxylic acids is 3. The quantitative estimate of drug-likeness (QED) is 0.192. The van der Waals surface area contributed by atoms with Crippen molar-refractivity contribution < 1.29 is 19.1 Å². The van der Waals surface area contributed by atoms with Crippen LogP contribution in [0.25, 0.3) is 0 Å². The lowest BCUT2D eigenvalue weighted by atomic mass is 10.1. The third-order valence-corrected chi connectivity index (χ3v) is 5.92. The largest absolute Gasteiger partial charge is 0.483 e. The number of halogens is 3. The first kappa shape index (κ1) is 27.2. The summed E-state index contributed by atoms with van der Waals surface area (Å²) in [5.74, 6) is -1.99. The highest BCUT2D eigenvalue weighted by Gasteiger charge is 2.15. The van der Waals surface area contributed by atoms with Crippen molar-refractivity contribution in [1.82, 2.24) is 5.43 Å². The molecule has 3 rings (SSSR count). The van der Waals surface area contributed by atoms with E-state index in [-0.39, 0.29) is 28.2 Å². The molecule has 36 heavy (non-hydrogen) atoms. The van der Waals surface area contributed by atoms with Crippen LogP contribution in [0.5, 0.6) is 5.75 Å². The Bertz CT molecular complexity index is 1330. The fraction of sp³-hybridized carbons (Fsp3) is 0.120. The van der Waals surface area contributed by atoms with Gasteiger partial charge in [-0.05, 0) is 67.4 Å². The number of rotatable bonds is 7. The van der Waals surface area contributed by atoms with Crippen molar-refractivity contribution in [2.24, 2.45) is 5.10 Å². The van der Waals surface area contributed by atoms with E-state index in [2.05, 4.69) is 37.1 Å². The first-order valence-corrected chi connectivity index (χ1v) is 12.1. The molecule has 0 bridgehead atoms. The molecular weight excluding hydrogens is 571 g/mol. The SMILES string of the molecule is Cc1cc(C)cc(NC(=O)COc2ccc(Br)cc2/C=N\NC(=O)C(=O)Nc2cccc(Cl)c2Cl)c1. The van der Waals surface area contributed by atoms with Crippen molar-refractivity contribution >= 4 is 74.4 Å². The zero-order valence-electron chi connectivity index (χ0n) is 19.2. The standard InChI is InChI=1S/C25H21BrCl2N4O4/c1-14-8-15(2)10-18(9-14)30-22(33)13-36-21-7-6-17(26)11-16(21)12-29-32-25(35)24(34)31-20-5-3-4-19(27)23(20)28/h3-12H,13H2,1-2H3,(H,30,33)(H,31,34)(H,32,35)/b29-12-. The summed E-state index contributed by atoms with van der Waals surface area (Å²) in [5, 5.41) is 9.32. The Morgan fingerprint density at radius 3 is 2.42 bits per heavy atom. The molecule has 3 aromatic rings. The first-order chi connectivity index (χ1) is 17.1. The van der Waals surface area contributed by atoms with Gasteiger partial charge >= 0.3 is 11.8 Å². The van der Waals surface area contributed by atoms with Gasteiger partial charge in [-0.2, -0.15) is 5.10 Å². The van der Waals surface area contributed by atoms with E-state index in [9.17, 15) is 14.4 Å². The van der Waals surface area contributed by atoms with Gasteiger partial charge in [0, 0.05) is 15.7 Å². The molecule has 0 unspecified atom stereocenters. The summed E-state index contributed by atoms with van der Waals surface area (Å²) in [6.45, 7) is 3.65. The molecule has 186 valence electrons. The minimum Gasteiger partial charge on any atom is -0.483 e.